The van der Waals surface area contributed by atoms with Crippen LogP contribution in [-0.4, -0.2) is 23.3 Å². The van der Waals surface area contributed by atoms with Crippen molar-refractivity contribution in [3.8, 4) is 11.5 Å². The first-order valence-corrected chi connectivity index (χ1v) is 5.71. The zero-order chi connectivity index (χ0) is 13.2. The first kappa shape index (κ1) is 13.9. The van der Waals surface area contributed by atoms with Crippen LogP contribution in [0.3, 0.4) is 0 Å². The number of aromatic carboxylic acids is 1. The number of aromatic hydroxyl groups is 1. The Balaban J connectivity index is 3.64. The van der Waals surface area contributed by atoms with Gasteiger partial charge in [0.15, 0.2) is 11.5 Å². The van der Waals surface area contributed by atoms with Gasteiger partial charge in [-0.25, -0.2) is 4.79 Å². The molecule has 1 aromatic carbocycles. The fraction of sp³-hybridized carbons (Fsp3) is 0.364. The molecule has 17 heavy (non-hydrogen) atoms. The van der Waals surface area contributed by atoms with Crippen molar-refractivity contribution in [3.05, 3.63) is 21.2 Å². The molecule has 0 unspecified atom stereocenters. The van der Waals surface area contributed by atoms with Crippen LogP contribution >= 0.6 is 23.2 Å². The monoisotopic (exact) mass is 278 g/mol. The molecule has 0 saturated heterocycles. The number of benzene rings is 1. The van der Waals surface area contributed by atoms with Crippen molar-refractivity contribution < 1.29 is 19.7 Å². The number of carboxylic acid groups (broad SMARTS) is 1. The number of ether oxygens (including phenoxy) is 1. The van der Waals surface area contributed by atoms with Crippen LogP contribution in [0.2, 0.25) is 10.0 Å². The molecule has 0 saturated carbocycles. The van der Waals surface area contributed by atoms with E-state index in [9.17, 15) is 9.90 Å². The number of carboxylic acids is 1. The molecule has 2 N–H and O–H groups in total. The van der Waals surface area contributed by atoms with Crippen LogP contribution in [0, 0.1) is 0 Å². The van der Waals surface area contributed by atoms with Gasteiger partial charge in [0.1, 0.15) is 10.6 Å². The summed E-state index contributed by atoms with van der Waals surface area (Å²) in [7, 11) is 1.35. The van der Waals surface area contributed by atoms with E-state index in [0.29, 0.717) is 18.4 Å². The molecule has 0 heterocycles. The summed E-state index contributed by atoms with van der Waals surface area (Å²) < 4.78 is 4.96. The Hall–Kier alpha value is -1.13. The van der Waals surface area contributed by atoms with Crippen molar-refractivity contribution in [1.29, 1.82) is 0 Å². The van der Waals surface area contributed by atoms with E-state index in [2.05, 4.69) is 0 Å². The zero-order valence-corrected chi connectivity index (χ0v) is 10.9. The lowest BCUT2D eigenvalue weighted by atomic mass is 10.0. The summed E-state index contributed by atoms with van der Waals surface area (Å²) in [6.45, 7) is 1.88. The predicted octanol–water partition coefficient (Wildman–Crippen LogP) is 3.36. The zero-order valence-electron chi connectivity index (χ0n) is 9.38. The van der Waals surface area contributed by atoms with Gasteiger partial charge in [0.05, 0.1) is 12.1 Å². The summed E-state index contributed by atoms with van der Waals surface area (Å²) in [5.41, 5.74) is 0.0723. The van der Waals surface area contributed by atoms with E-state index in [1.165, 1.54) is 7.11 Å². The molecule has 1 rings (SSSR count). The van der Waals surface area contributed by atoms with Gasteiger partial charge in [-0.05, 0) is 12.0 Å². The molecule has 94 valence electrons. The highest BCUT2D eigenvalue weighted by molar-refractivity contribution is 6.39. The van der Waals surface area contributed by atoms with Gasteiger partial charge in [-0.3, -0.25) is 0 Å². The predicted molar refractivity (Wildman–Crippen MR) is 65.6 cm³/mol. The van der Waals surface area contributed by atoms with Crippen molar-refractivity contribution in [2.45, 2.75) is 19.8 Å². The molecule has 0 atom stereocenters. The topological polar surface area (TPSA) is 66.8 Å². The van der Waals surface area contributed by atoms with Gasteiger partial charge < -0.3 is 14.9 Å². The number of hydrogen-bond donors (Lipinski definition) is 2. The standard InChI is InChI=1S/C11H12Cl2O4/c1-3-4-5-6(11(15)16)9(14)8(13)10(17-2)7(5)12/h14H,3-4H2,1-2H3,(H,15,16). The number of phenols is 1. The smallest absolute Gasteiger partial charge is 0.339 e. The highest BCUT2D eigenvalue weighted by Gasteiger charge is 2.25. The fourth-order valence-electron chi connectivity index (χ4n) is 1.60. The molecule has 6 heteroatoms. The molecular weight excluding hydrogens is 267 g/mol. The summed E-state index contributed by atoms with van der Waals surface area (Å²) in [6, 6.07) is 0. The van der Waals surface area contributed by atoms with E-state index in [0.717, 1.165) is 0 Å². The van der Waals surface area contributed by atoms with E-state index in [1.807, 2.05) is 6.92 Å². The molecule has 0 bridgehead atoms. The van der Waals surface area contributed by atoms with Gasteiger partial charge in [-0.1, -0.05) is 36.5 Å². The highest BCUT2D eigenvalue weighted by atomic mass is 35.5. The molecule has 0 aliphatic rings. The Bertz CT molecular complexity index is 458. The van der Waals surface area contributed by atoms with Crippen molar-refractivity contribution >= 4 is 29.2 Å². The Morgan fingerprint density at radius 1 is 1.35 bits per heavy atom. The Morgan fingerprint density at radius 3 is 2.35 bits per heavy atom. The number of rotatable bonds is 4. The normalized spacial score (nSPS) is 10.4. The number of hydrogen-bond acceptors (Lipinski definition) is 3. The molecule has 0 radical (unpaired) electrons. The quantitative estimate of drug-likeness (QED) is 0.886. The van der Waals surface area contributed by atoms with E-state index in [1.54, 1.807) is 0 Å². The van der Waals surface area contributed by atoms with Gasteiger partial charge >= 0.3 is 5.97 Å². The second-order valence-electron chi connectivity index (χ2n) is 3.42. The highest BCUT2D eigenvalue weighted by Crippen LogP contribution is 2.45. The third kappa shape index (κ3) is 2.42. The first-order chi connectivity index (χ1) is 7.95. The molecule has 0 aliphatic carbocycles. The van der Waals surface area contributed by atoms with Crippen molar-refractivity contribution in [3.63, 3.8) is 0 Å². The van der Waals surface area contributed by atoms with Crippen LogP contribution in [0.25, 0.3) is 0 Å². The van der Waals surface area contributed by atoms with Gasteiger partial charge in [-0.2, -0.15) is 0 Å². The van der Waals surface area contributed by atoms with Crippen molar-refractivity contribution in [2.24, 2.45) is 0 Å². The van der Waals surface area contributed by atoms with E-state index >= 15 is 0 Å². The van der Waals surface area contributed by atoms with Crippen LogP contribution in [0.1, 0.15) is 29.3 Å². The Labute approximate surface area is 109 Å². The maximum atomic E-state index is 11.1. The lowest BCUT2D eigenvalue weighted by Crippen LogP contribution is -2.06. The van der Waals surface area contributed by atoms with Crippen LogP contribution < -0.4 is 4.74 Å². The second kappa shape index (κ2) is 5.47. The lowest BCUT2D eigenvalue weighted by Gasteiger charge is -2.15. The van der Waals surface area contributed by atoms with Gasteiger partial charge in [-0.15, -0.1) is 0 Å². The van der Waals surface area contributed by atoms with Gasteiger partial charge in [0.2, 0.25) is 0 Å². The molecule has 0 aromatic heterocycles. The fourth-order valence-corrected chi connectivity index (χ4v) is 2.27. The SMILES string of the molecule is CCCc1c(Cl)c(OC)c(Cl)c(O)c1C(=O)O. The maximum absolute atomic E-state index is 11.1. The molecule has 0 fully saturated rings. The molecule has 0 spiro atoms. The number of carbonyl (C=O) groups is 1. The summed E-state index contributed by atoms with van der Waals surface area (Å²) >= 11 is 11.8. The van der Waals surface area contributed by atoms with E-state index < -0.39 is 11.7 Å². The van der Waals surface area contributed by atoms with Crippen molar-refractivity contribution in [2.75, 3.05) is 7.11 Å². The molecule has 0 aliphatic heterocycles. The summed E-state index contributed by atoms with van der Waals surface area (Å²) in [4.78, 5) is 11.1. The van der Waals surface area contributed by atoms with Crippen LogP contribution in [0.15, 0.2) is 0 Å². The van der Waals surface area contributed by atoms with E-state index in [-0.39, 0.29) is 21.4 Å². The molecular formula is C11H12Cl2O4. The number of halogens is 2. The number of methoxy groups -OCH3 is 1. The van der Waals surface area contributed by atoms with Gasteiger partial charge in [0, 0.05) is 0 Å². The van der Waals surface area contributed by atoms with Gasteiger partial charge in [0.25, 0.3) is 0 Å². The van der Waals surface area contributed by atoms with E-state index in [4.69, 9.17) is 33.0 Å². The third-order valence-electron chi connectivity index (χ3n) is 2.33. The largest absolute Gasteiger partial charge is 0.505 e. The minimum atomic E-state index is -1.27. The van der Waals surface area contributed by atoms with Crippen LogP contribution in [0.4, 0.5) is 0 Å². The third-order valence-corrected chi connectivity index (χ3v) is 3.08. The summed E-state index contributed by atoms with van der Waals surface area (Å²) in [5.74, 6) is -1.68. The minimum Gasteiger partial charge on any atom is -0.505 e. The van der Waals surface area contributed by atoms with Crippen LogP contribution in [-0.2, 0) is 6.42 Å². The van der Waals surface area contributed by atoms with Crippen LogP contribution in [0.5, 0.6) is 11.5 Å². The Morgan fingerprint density at radius 2 is 1.94 bits per heavy atom. The minimum absolute atomic E-state index is 0.0966. The second-order valence-corrected chi connectivity index (χ2v) is 4.17. The maximum Gasteiger partial charge on any atom is 0.339 e. The van der Waals surface area contributed by atoms with Crippen molar-refractivity contribution in [1.82, 2.24) is 0 Å². The lowest BCUT2D eigenvalue weighted by molar-refractivity contribution is 0.0692. The molecule has 1 aromatic rings. The molecule has 4 nitrogen and oxygen atoms in total. The Kier molecular flexibility index (Phi) is 4.48. The molecule has 0 amide bonds. The summed E-state index contributed by atoms with van der Waals surface area (Å²) in [6.07, 6.45) is 1.10. The summed E-state index contributed by atoms with van der Waals surface area (Å²) in [5, 5.41) is 18.8. The average Bonchev–Trinajstić information content (AvgIpc) is 2.26. The average molecular weight is 279 g/mol. The first-order valence-electron chi connectivity index (χ1n) is 4.95.